The molecular weight excluding hydrogens is 1010 g/mol. The Hall–Kier alpha value is 9.45. The molecule has 0 bridgehead atoms. The minimum Gasteiger partial charge on any atom is 0 e. The van der Waals surface area contributed by atoms with Crippen LogP contribution in [0, 0.1) is 286 Å². The molecule has 0 radical (unpaired) electrons. The Morgan fingerprint density at radius 1 is 0.143 bits per heavy atom. The van der Waals surface area contributed by atoms with E-state index in [0.29, 0.717) is 0 Å². The van der Waals surface area contributed by atoms with E-state index in [1.165, 1.54) is 0 Å². The predicted molar refractivity (Wildman–Crippen MR) is 0 cm³/mol. The summed E-state index contributed by atoms with van der Waals surface area (Å²) in [7, 11) is 0. The molecule has 0 saturated heterocycles. The molecule has 0 aliphatic carbocycles. The van der Waals surface area contributed by atoms with Gasteiger partial charge in [0.15, 0.2) is 0 Å². The van der Waals surface area contributed by atoms with Gasteiger partial charge in [0.1, 0.15) is 0 Å². The van der Waals surface area contributed by atoms with Gasteiger partial charge >= 0.3 is 0 Å². The van der Waals surface area contributed by atoms with Crippen LogP contribution in [0.25, 0.3) is 0 Å². The van der Waals surface area contributed by atoms with Crippen molar-refractivity contribution in [3.8, 4) is 0 Å². The normalized spacial score (nSPS) is 0. The summed E-state index contributed by atoms with van der Waals surface area (Å²) in [6.07, 6.45) is 0. The Morgan fingerprint density at radius 3 is 0.143 bits per heavy atom. The van der Waals surface area contributed by atoms with Crippen molar-refractivity contribution < 1.29 is 286 Å². The summed E-state index contributed by atoms with van der Waals surface area (Å²) < 4.78 is 0. The summed E-state index contributed by atoms with van der Waals surface area (Å²) in [6.45, 7) is 0. The molecule has 0 aromatic rings. The van der Waals surface area contributed by atoms with Crippen LogP contribution in [0.1, 0.15) is 0 Å². The van der Waals surface area contributed by atoms with Crippen LogP contribution >= 0.6 is 0 Å². The zero-order chi connectivity index (χ0) is 0. The molecule has 0 aliphatic rings. The van der Waals surface area contributed by atoms with Crippen molar-refractivity contribution in [2.75, 3.05) is 0 Å². The number of hydrogen-bond donors (Lipinski definition) is 0. The quantitative estimate of drug-likeness (QED) is 0.322. The Labute approximate surface area is 275 Å². The van der Waals surface area contributed by atoms with Gasteiger partial charge in [0, 0.05) is 286 Å². The fourth-order valence-corrected chi connectivity index (χ4v) is 0. The Balaban J connectivity index is 0. The third kappa shape index (κ3) is 31.3. The van der Waals surface area contributed by atoms with Gasteiger partial charge in [-0.3, -0.25) is 0 Å². The molecule has 0 saturated carbocycles. The van der Waals surface area contributed by atoms with Crippen molar-refractivity contribution in [2.45, 2.75) is 0 Å². The zero-order valence-electron chi connectivity index (χ0n) is 3.50. The van der Waals surface area contributed by atoms with Gasteiger partial charge in [-0.2, -0.15) is 0 Å². The molecule has 0 aromatic carbocycles. The van der Waals surface area contributed by atoms with E-state index in [0.717, 1.165) is 0 Å². The van der Waals surface area contributed by atoms with E-state index in [1.54, 1.807) is 0 Å². The van der Waals surface area contributed by atoms with Crippen molar-refractivity contribution in [1.82, 2.24) is 0 Å². The fraction of sp³-hybridized carbons (Fsp3) is 0. The molecule has 0 amide bonds. The van der Waals surface area contributed by atoms with E-state index >= 15 is 0 Å². The van der Waals surface area contributed by atoms with Crippen molar-refractivity contribution in [2.24, 2.45) is 0 Å². The molecule has 28 valence electrons. The van der Waals surface area contributed by atoms with Crippen LogP contribution in [0.15, 0.2) is 0 Å². The Kier molecular flexibility index (Phi) is 227. The molecule has 7 heteroatoms. The van der Waals surface area contributed by atoms with Crippen LogP contribution < -0.4 is 0 Å². The minimum absolute atomic E-state index is 0. The molecule has 0 atom stereocenters. The molecule has 0 unspecified atom stereocenters. The summed E-state index contributed by atoms with van der Waals surface area (Å²) >= 11 is 0. The smallest absolute Gasteiger partial charge is 0 e. The zero-order valence-corrected chi connectivity index (χ0v) is 26.0. The first-order chi connectivity index (χ1) is 0. The second-order valence-corrected chi connectivity index (χ2v) is 0. The van der Waals surface area contributed by atoms with E-state index in [9.17, 15) is 0 Å². The van der Waals surface area contributed by atoms with Crippen LogP contribution in [-0.2, 0) is 0 Å². The fourth-order valence-electron chi connectivity index (χ4n) is 0. The minimum atomic E-state index is 0. The Morgan fingerprint density at radius 2 is 0.143 bits per heavy atom. The molecule has 0 spiro atoms. The van der Waals surface area contributed by atoms with Crippen LogP contribution in [-0.4, -0.2) is 0 Å². The summed E-state index contributed by atoms with van der Waals surface area (Å²) in [5.41, 5.74) is 0. The molecule has 0 rings (SSSR count). The van der Waals surface area contributed by atoms with Gasteiger partial charge in [0.2, 0.25) is 0 Å². The standard InChI is InChI=1S/7Nd. The van der Waals surface area contributed by atoms with Crippen LogP contribution in [0.5, 0.6) is 0 Å². The first-order valence-electron chi connectivity index (χ1n) is 0. The topological polar surface area (TPSA) is 0 Å². The first-order valence-corrected chi connectivity index (χ1v) is 0. The van der Waals surface area contributed by atoms with Crippen molar-refractivity contribution in [1.29, 1.82) is 0 Å². The van der Waals surface area contributed by atoms with E-state index < -0.39 is 0 Å². The van der Waals surface area contributed by atoms with Gasteiger partial charge in [-0.1, -0.05) is 0 Å². The van der Waals surface area contributed by atoms with E-state index in [2.05, 4.69) is 0 Å². The van der Waals surface area contributed by atoms with Gasteiger partial charge in [-0.15, -0.1) is 0 Å². The SMILES string of the molecule is [Nd].[Nd].[Nd].[Nd].[Nd].[Nd].[Nd]. The third-order valence-electron chi connectivity index (χ3n) is 0. The largest absolute Gasteiger partial charge is 0 e. The number of hydrogen-bond acceptors (Lipinski definition) is 0. The van der Waals surface area contributed by atoms with Crippen LogP contribution in [0.2, 0.25) is 0 Å². The second-order valence-electron chi connectivity index (χ2n) is 0. The summed E-state index contributed by atoms with van der Waals surface area (Å²) in [5, 5.41) is 0. The van der Waals surface area contributed by atoms with Crippen molar-refractivity contribution in [3.63, 3.8) is 0 Å². The van der Waals surface area contributed by atoms with Crippen molar-refractivity contribution in [3.05, 3.63) is 0 Å². The van der Waals surface area contributed by atoms with Crippen LogP contribution in [0.4, 0.5) is 0 Å². The average Bonchev–Trinajstić information content (AvgIpc) is 0. The van der Waals surface area contributed by atoms with E-state index in [1.807, 2.05) is 0 Å². The molecule has 0 nitrogen and oxygen atoms in total. The molecule has 0 fully saturated rings. The summed E-state index contributed by atoms with van der Waals surface area (Å²) in [5.74, 6) is 0. The maximum atomic E-state index is 0. The maximum Gasteiger partial charge on any atom is 0 e. The summed E-state index contributed by atoms with van der Waals surface area (Å²) in [4.78, 5) is 0. The summed E-state index contributed by atoms with van der Waals surface area (Å²) in [6, 6.07) is 0. The van der Waals surface area contributed by atoms with Gasteiger partial charge in [-0.25, -0.2) is 0 Å². The molecular formula is Nd7. The van der Waals surface area contributed by atoms with Gasteiger partial charge in [0.05, 0.1) is 0 Å². The van der Waals surface area contributed by atoms with Crippen LogP contribution in [0.3, 0.4) is 0 Å². The average molecular weight is 1010 g/mol. The molecule has 0 aromatic heterocycles. The van der Waals surface area contributed by atoms with Gasteiger partial charge in [-0.05, 0) is 0 Å². The molecule has 7 heavy (non-hydrogen) atoms. The second kappa shape index (κ2) is 36.1. The Bertz CT molecular complexity index is 0. The van der Waals surface area contributed by atoms with Gasteiger partial charge < -0.3 is 0 Å². The molecule has 0 aliphatic heterocycles. The number of rotatable bonds is 0. The molecule has 0 N–H and O–H groups in total. The molecule has 0 heterocycles. The monoisotopic (exact) mass is 993 g/mol. The first kappa shape index (κ1) is 44.0. The van der Waals surface area contributed by atoms with E-state index in [4.69, 9.17) is 0 Å². The third-order valence-corrected chi connectivity index (χ3v) is 0. The predicted octanol–water partition coefficient (Wildman–Crippen LogP) is 0. The maximum absolute atomic E-state index is 0. The van der Waals surface area contributed by atoms with Crippen molar-refractivity contribution >= 4 is 0 Å². The van der Waals surface area contributed by atoms with E-state index in [-0.39, 0.29) is 286 Å². The van der Waals surface area contributed by atoms with Gasteiger partial charge in [0.25, 0.3) is 0 Å².